The summed E-state index contributed by atoms with van der Waals surface area (Å²) in [5, 5.41) is 12.5. The van der Waals surface area contributed by atoms with Crippen molar-refractivity contribution in [3.63, 3.8) is 0 Å². The van der Waals surface area contributed by atoms with Crippen LogP contribution >= 0.6 is 11.6 Å². The number of fused-ring (bicyclic) bond motifs is 1. The van der Waals surface area contributed by atoms with Crippen LogP contribution in [0.25, 0.3) is 11.4 Å². The van der Waals surface area contributed by atoms with Gasteiger partial charge in [-0.2, -0.15) is 4.80 Å². The van der Waals surface area contributed by atoms with E-state index in [1.165, 1.54) is 0 Å². The number of tetrazole rings is 1. The summed E-state index contributed by atoms with van der Waals surface area (Å²) in [6, 6.07) is 14.7. The molecule has 8 nitrogen and oxygen atoms in total. The second kappa shape index (κ2) is 8.40. The third-order valence-electron chi connectivity index (χ3n) is 4.59. The number of halogens is 1. The summed E-state index contributed by atoms with van der Waals surface area (Å²) in [6.07, 6.45) is 1.82. The van der Waals surface area contributed by atoms with Crippen molar-refractivity contribution in [2.45, 2.75) is 19.4 Å². The molecule has 0 saturated carbocycles. The van der Waals surface area contributed by atoms with Gasteiger partial charge in [0.25, 0.3) is 5.91 Å². The summed E-state index contributed by atoms with van der Waals surface area (Å²) in [5.74, 6) is -0.488. The molecule has 0 fully saturated rings. The van der Waals surface area contributed by atoms with Crippen molar-refractivity contribution in [3.05, 3.63) is 59.1 Å². The molecule has 0 spiro atoms. The monoisotopic (exact) mass is 411 g/mol. The molecular formula is C20H18ClN5O3. The zero-order chi connectivity index (χ0) is 20.2. The molecular weight excluding hydrogens is 394 g/mol. The molecule has 0 unspecified atom stereocenters. The first-order chi connectivity index (χ1) is 14.1. The van der Waals surface area contributed by atoms with Crippen molar-refractivity contribution in [3.8, 4) is 11.4 Å². The molecule has 0 aliphatic carbocycles. The minimum absolute atomic E-state index is 0.232. The summed E-state index contributed by atoms with van der Waals surface area (Å²) >= 11 is 5.86. The molecule has 0 saturated heterocycles. The van der Waals surface area contributed by atoms with Crippen LogP contribution in [0.4, 0.5) is 5.69 Å². The lowest BCUT2D eigenvalue weighted by atomic mass is 10.0. The quantitative estimate of drug-likeness (QED) is 0.599. The number of amides is 1. The molecule has 1 aliphatic rings. The number of carbonyl (C=O) groups excluding carboxylic acids is 2. The Morgan fingerprint density at radius 2 is 1.90 bits per heavy atom. The first-order valence-corrected chi connectivity index (χ1v) is 9.55. The van der Waals surface area contributed by atoms with Crippen molar-refractivity contribution in [2.24, 2.45) is 0 Å². The molecule has 1 aromatic heterocycles. The van der Waals surface area contributed by atoms with Gasteiger partial charge in [0.15, 0.2) is 13.2 Å². The number of hydrogen-bond acceptors (Lipinski definition) is 6. The Morgan fingerprint density at radius 3 is 2.72 bits per heavy atom. The maximum Gasteiger partial charge on any atom is 0.330 e. The van der Waals surface area contributed by atoms with E-state index in [1.54, 1.807) is 29.2 Å². The molecule has 3 aromatic rings. The fraction of sp³-hybridized carbons (Fsp3) is 0.250. The molecule has 0 N–H and O–H groups in total. The normalized spacial score (nSPS) is 13.1. The number of anilines is 1. The Kier molecular flexibility index (Phi) is 5.53. The molecule has 4 rings (SSSR count). The van der Waals surface area contributed by atoms with E-state index in [1.807, 2.05) is 24.3 Å². The Labute approximate surface area is 172 Å². The first-order valence-electron chi connectivity index (χ1n) is 9.18. The van der Waals surface area contributed by atoms with Gasteiger partial charge >= 0.3 is 5.97 Å². The van der Waals surface area contributed by atoms with Gasteiger partial charge in [0.1, 0.15) is 0 Å². The minimum Gasteiger partial charge on any atom is -0.454 e. The SMILES string of the molecule is O=C(Cn1nnc(-c2ccc(Cl)cc2)n1)OCC(=O)N1CCCc2ccccc21. The van der Waals surface area contributed by atoms with Gasteiger partial charge in [-0.15, -0.1) is 10.2 Å². The lowest BCUT2D eigenvalue weighted by Gasteiger charge is -2.29. The average Bonchev–Trinajstić information content (AvgIpc) is 3.20. The predicted octanol–water partition coefficient (Wildman–Crippen LogP) is 2.52. The van der Waals surface area contributed by atoms with Crippen LogP contribution in [-0.4, -0.2) is 45.2 Å². The standard InChI is InChI=1S/C20H18ClN5O3/c21-16-9-7-15(8-10-16)20-22-24-26(23-20)12-19(28)29-13-18(27)25-11-3-5-14-4-1-2-6-17(14)25/h1-2,4,6-10H,3,5,11-13H2. The average molecular weight is 412 g/mol. The number of para-hydroxylation sites is 1. The summed E-state index contributed by atoms with van der Waals surface area (Å²) in [6.45, 7) is 0.0544. The van der Waals surface area contributed by atoms with Crippen molar-refractivity contribution in [2.75, 3.05) is 18.1 Å². The molecule has 148 valence electrons. The van der Waals surface area contributed by atoms with Crippen LogP contribution in [0.1, 0.15) is 12.0 Å². The van der Waals surface area contributed by atoms with E-state index in [-0.39, 0.29) is 19.1 Å². The summed E-state index contributed by atoms with van der Waals surface area (Å²) in [4.78, 5) is 27.4. The van der Waals surface area contributed by atoms with Crippen molar-refractivity contribution in [1.82, 2.24) is 20.2 Å². The molecule has 0 radical (unpaired) electrons. The Bertz CT molecular complexity index is 1030. The van der Waals surface area contributed by atoms with Crippen LogP contribution in [0.2, 0.25) is 5.02 Å². The fourth-order valence-electron chi connectivity index (χ4n) is 3.20. The van der Waals surface area contributed by atoms with E-state index in [2.05, 4.69) is 15.4 Å². The number of benzene rings is 2. The molecule has 29 heavy (non-hydrogen) atoms. The zero-order valence-electron chi connectivity index (χ0n) is 15.5. The largest absolute Gasteiger partial charge is 0.454 e. The van der Waals surface area contributed by atoms with Gasteiger partial charge in [-0.25, -0.2) is 4.79 Å². The summed E-state index contributed by atoms with van der Waals surface area (Å²) < 4.78 is 5.13. The molecule has 2 aromatic carbocycles. The second-order valence-electron chi connectivity index (χ2n) is 6.59. The number of aryl methyl sites for hydroxylation is 1. The van der Waals surface area contributed by atoms with Gasteiger partial charge in [0, 0.05) is 22.8 Å². The van der Waals surface area contributed by atoms with Crippen LogP contribution in [-0.2, 0) is 27.3 Å². The van der Waals surface area contributed by atoms with E-state index in [0.717, 1.165) is 34.5 Å². The van der Waals surface area contributed by atoms with Crippen molar-refractivity contribution >= 4 is 29.2 Å². The van der Waals surface area contributed by atoms with Gasteiger partial charge in [-0.05, 0) is 54.0 Å². The Balaban J connectivity index is 1.33. The maximum atomic E-state index is 12.5. The number of ether oxygens (including phenoxy) is 1. The second-order valence-corrected chi connectivity index (χ2v) is 7.03. The molecule has 2 heterocycles. The highest BCUT2D eigenvalue weighted by atomic mass is 35.5. The van der Waals surface area contributed by atoms with Crippen LogP contribution in [0, 0.1) is 0 Å². The highest BCUT2D eigenvalue weighted by Crippen LogP contribution is 2.26. The van der Waals surface area contributed by atoms with E-state index >= 15 is 0 Å². The van der Waals surface area contributed by atoms with Crippen LogP contribution < -0.4 is 4.90 Å². The lowest BCUT2D eigenvalue weighted by molar-refractivity contribution is -0.148. The number of nitrogens with zero attached hydrogens (tertiary/aromatic N) is 5. The molecule has 9 heteroatoms. The summed E-state index contributed by atoms with van der Waals surface area (Å²) in [5.41, 5.74) is 2.73. The molecule has 0 bridgehead atoms. The topological polar surface area (TPSA) is 90.2 Å². The van der Waals surface area contributed by atoms with E-state index < -0.39 is 5.97 Å². The van der Waals surface area contributed by atoms with Crippen molar-refractivity contribution < 1.29 is 14.3 Å². The first kappa shape index (κ1) is 19.1. The maximum absolute atomic E-state index is 12.5. The number of hydrogen-bond donors (Lipinski definition) is 0. The zero-order valence-corrected chi connectivity index (χ0v) is 16.2. The van der Waals surface area contributed by atoms with Crippen LogP contribution in [0.3, 0.4) is 0 Å². The van der Waals surface area contributed by atoms with Crippen LogP contribution in [0.15, 0.2) is 48.5 Å². The lowest BCUT2D eigenvalue weighted by Crippen LogP contribution is -2.38. The van der Waals surface area contributed by atoms with Gasteiger partial charge in [-0.1, -0.05) is 29.8 Å². The highest BCUT2D eigenvalue weighted by molar-refractivity contribution is 6.30. The van der Waals surface area contributed by atoms with Gasteiger partial charge < -0.3 is 9.64 Å². The van der Waals surface area contributed by atoms with Crippen molar-refractivity contribution in [1.29, 1.82) is 0 Å². The number of aromatic nitrogens is 4. The number of carbonyl (C=O) groups is 2. The Hall–Kier alpha value is -3.26. The van der Waals surface area contributed by atoms with E-state index in [4.69, 9.17) is 16.3 Å². The number of rotatable bonds is 5. The van der Waals surface area contributed by atoms with E-state index in [9.17, 15) is 9.59 Å². The van der Waals surface area contributed by atoms with Gasteiger partial charge in [0.2, 0.25) is 5.82 Å². The predicted molar refractivity (Wildman–Crippen MR) is 106 cm³/mol. The number of esters is 1. The van der Waals surface area contributed by atoms with E-state index in [0.29, 0.717) is 17.4 Å². The van der Waals surface area contributed by atoms with Crippen LogP contribution in [0.5, 0.6) is 0 Å². The fourth-order valence-corrected chi connectivity index (χ4v) is 3.32. The highest BCUT2D eigenvalue weighted by Gasteiger charge is 2.23. The third kappa shape index (κ3) is 4.43. The van der Waals surface area contributed by atoms with Gasteiger partial charge in [-0.3, -0.25) is 4.79 Å². The molecule has 0 atom stereocenters. The third-order valence-corrected chi connectivity index (χ3v) is 4.85. The minimum atomic E-state index is -0.608. The Morgan fingerprint density at radius 1 is 1.10 bits per heavy atom. The summed E-state index contributed by atoms with van der Waals surface area (Å²) in [7, 11) is 0. The smallest absolute Gasteiger partial charge is 0.330 e. The molecule has 1 aliphatic heterocycles. The molecule has 1 amide bonds. The van der Waals surface area contributed by atoms with Gasteiger partial charge in [0.05, 0.1) is 0 Å².